The van der Waals surface area contributed by atoms with Gasteiger partial charge in [-0.15, -0.1) is 0 Å². The Morgan fingerprint density at radius 1 is 1.10 bits per heavy atom. The number of carboxylic acid groups (broad SMARTS) is 1. The Kier molecular flexibility index (Phi) is 6.72. The molecule has 8 heteroatoms. The molecule has 2 aliphatic rings. The minimum Gasteiger partial charge on any atom is -0.490 e. The molecule has 3 N–H and O–H groups in total. The Balaban J connectivity index is 1.39. The number of nitrogens with one attached hydrogen (secondary N) is 2. The normalized spacial score (nSPS) is 20.5. The van der Waals surface area contributed by atoms with E-state index in [1.165, 1.54) is 0 Å². The second-order valence-corrected chi connectivity index (χ2v) is 8.57. The van der Waals surface area contributed by atoms with Gasteiger partial charge in [0.05, 0.1) is 21.7 Å². The summed E-state index contributed by atoms with van der Waals surface area (Å²) in [5.74, 6) is 0.259. The third-order valence-corrected chi connectivity index (χ3v) is 6.04. The van der Waals surface area contributed by atoms with E-state index in [-0.39, 0.29) is 12.1 Å². The number of benzene rings is 2. The fourth-order valence-corrected chi connectivity index (χ4v) is 4.82. The van der Waals surface area contributed by atoms with Crippen molar-refractivity contribution in [2.45, 2.75) is 25.4 Å². The third kappa shape index (κ3) is 4.99. The van der Waals surface area contributed by atoms with Crippen LogP contribution in [0.3, 0.4) is 0 Å². The second kappa shape index (κ2) is 9.49. The minimum absolute atomic E-state index is 0.173. The molecule has 0 radical (unpaired) electrons. The van der Waals surface area contributed by atoms with E-state index < -0.39 is 5.97 Å². The van der Waals surface area contributed by atoms with Crippen LogP contribution in [0.1, 0.15) is 17.5 Å². The Hall–Kier alpha value is -2.25. The van der Waals surface area contributed by atoms with Crippen molar-refractivity contribution in [3.05, 3.63) is 63.1 Å². The van der Waals surface area contributed by atoms with Gasteiger partial charge in [-0.05, 0) is 54.3 Å². The van der Waals surface area contributed by atoms with Crippen molar-refractivity contribution in [3.63, 3.8) is 0 Å². The number of rotatable bonds is 7. The van der Waals surface area contributed by atoms with Crippen LogP contribution in [0.2, 0.25) is 10.0 Å². The van der Waals surface area contributed by atoms with Crippen LogP contribution in [-0.4, -0.2) is 49.5 Å². The van der Waals surface area contributed by atoms with Crippen LogP contribution < -0.4 is 20.1 Å². The molecular weight excluding hydrogens is 439 g/mol. The Labute approximate surface area is 191 Å². The summed E-state index contributed by atoms with van der Waals surface area (Å²) in [7, 11) is 0. The lowest BCUT2D eigenvalue weighted by molar-refractivity contribution is -0.133. The van der Waals surface area contributed by atoms with E-state index in [1.807, 2.05) is 31.2 Å². The first kappa shape index (κ1) is 22.0. The molecule has 4 rings (SSSR count). The lowest BCUT2D eigenvalue weighted by Gasteiger charge is -2.38. The number of aliphatic carboxylic acids is 1. The highest BCUT2D eigenvalue weighted by Gasteiger charge is 2.35. The van der Waals surface area contributed by atoms with Gasteiger partial charge in [0.1, 0.15) is 19.0 Å². The van der Waals surface area contributed by atoms with E-state index in [0.717, 1.165) is 23.2 Å². The standard InChI is InChI=1S/C23H24Cl2N2O4/c1-13-8-18(24)22(19(25)9-13)31-7-6-30-16-4-2-14(3-5-16)17-10-15-11-26-12-20(27-15)21(17)23(28)29/h2-5,8-9,15,20,26-27H,6-7,10-12H2,1H3,(H,28,29)/t15?,20-/m1/s1. The summed E-state index contributed by atoms with van der Waals surface area (Å²) in [4.78, 5) is 11.9. The molecule has 2 atom stereocenters. The summed E-state index contributed by atoms with van der Waals surface area (Å²) in [6.45, 7) is 3.99. The molecule has 2 bridgehead atoms. The maximum atomic E-state index is 11.9. The smallest absolute Gasteiger partial charge is 0.333 e. The largest absolute Gasteiger partial charge is 0.490 e. The summed E-state index contributed by atoms with van der Waals surface area (Å²) >= 11 is 12.4. The fraction of sp³-hybridized carbons (Fsp3) is 0.348. The molecule has 1 unspecified atom stereocenters. The van der Waals surface area contributed by atoms with Gasteiger partial charge >= 0.3 is 5.97 Å². The van der Waals surface area contributed by atoms with Crippen molar-refractivity contribution >= 4 is 34.7 Å². The Morgan fingerprint density at radius 2 is 1.77 bits per heavy atom. The molecular formula is C23H24Cl2N2O4. The number of carbonyl (C=O) groups is 1. The van der Waals surface area contributed by atoms with Crippen molar-refractivity contribution in [2.75, 3.05) is 26.3 Å². The first-order valence-electron chi connectivity index (χ1n) is 10.2. The van der Waals surface area contributed by atoms with Gasteiger partial charge in [0, 0.05) is 19.1 Å². The molecule has 31 heavy (non-hydrogen) atoms. The SMILES string of the molecule is Cc1cc(Cl)c(OCCOc2ccc(C3=C(C(=O)O)[C@H]4CNCC(C3)N4)cc2)c(Cl)c1. The van der Waals surface area contributed by atoms with E-state index >= 15 is 0 Å². The van der Waals surface area contributed by atoms with Gasteiger partial charge in [0.15, 0.2) is 5.75 Å². The summed E-state index contributed by atoms with van der Waals surface area (Å²) in [5, 5.41) is 17.4. The number of carboxylic acids is 1. The minimum atomic E-state index is -0.874. The topological polar surface area (TPSA) is 79.8 Å². The van der Waals surface area contributed by atoms with Gasteiger partial charge in [-0.2, -0.15) is 0 Å². The van der Waals surface area contributed by atoms with Crippen molar-refractivity contribution in [2.24, 2.45) is 0 Å². The summed E-state index contributed by atoms with van der Waals surface area (Å²) in [5.41, 5.74) is 3.21. The van der Waals surface area contributed by atoms with Crippen molar-refractivity contribution in [3.8, 4) is 11.5 Å². The van der Waals surface area contributed by atoms with E-state index in [0.29, 0.717) is 53.3 Å². The number of fused-ring (bicyclic) bond motifs is 2. The first-order valence-corrected chi connectivity index (χ1v) is 10.9. The average molecular weight is 463 g/mol. The molecule has 0 spiro atoms. The predicted octanol–water partition coefficient (Wildman–Crippen LogP) is 3.93. The van der Waals surface area contributed by atoms with Crippen LogP contribution in [0.4, 0.5) is 0 Å². The van der Waals surface area contributed by atoms with Crippen LogP contribution in [0, 0.1) is 6.92 Å². The Bertz CT molecular complexity index is 984. The van der Waals surface area contributed by atoms with Crippen LogP contribution in [0.5, 0.6) is 11.5 Å². The maximum absolute atomic E-state index is 11.9. The van der Waals surface area contributed by atoms with Crippen LogP contribution in [-0.2, 0) is 4.79 Å². The van der Waals surface area contributed by atoms with Crippen molar-refractivity contribution < 1.29 is 19.4 Å². The Morgan fingerprint density at radius 3 is 2.45 bits per heavy atom. The molecule has 2 heterocycles. The predicted molar refractivity (Wildman–Crippen MR) is 121 cm³/mol. The lowest BCUT2D eigenvalue weighted by atomic mass is 9.84. The molecule has 6 nitrogen and oxygen atoms in total. The molecule has 2 aromatic rings. The highest BCUT2D eigenvalue weighted by Crippen LogP contribution is 2.34. The van der Waals surface area contributed by atoms with E-state index in [4.69, 9.17) is 32.7 Å². The number of halogens is 2. The van der Waals surface area contributed by atoms with Gasteiger partial charge in [0.25, 0.3) is 0 Å². The quantitative estimate of drug-likeness (QED) is 0.540. The van der Waals surface area contributed by atoms with E-state index in [9.17, 15) is 9.90 Å². The molecule has 1 fully saturated rings. The van der Waals surface area contributed by atoms with E-state index in [1.54, 1.807) is 12.1 Å². The number of ether oxygens (including phenoxy) is 2. The zero-order valence-corrected chi connectivity index (χ0v) is 18.6. The molecule has 0 saturated carbocycles. The zero-order valence-electron chi connectivity index (χ0n) is 17.1. The second-order valence-electron chi connectivity index (χ2n) is 7.75. The molecule has 2 aromatic carbocycles. The van der Waals surface area contributed by atoms with Crippen LogP contribution >= 0.6 is 23.2 Å². The first-order chi connectivity index (χ1) is 14.9. The maximum Gasteiger partial charge on any atom is 0.333 e. The molecule has 0 aliphatic carbocycles. The van der Waals surface area contributed by atoms with Gasteiger partial charge < -0.3 is 25.2 Å². The average Bonchev–Trinajstić information content (AvgIpc) is 2.72. The third-order valence-electron chi connectivity index (χ3n) is 5.47. The van der Waals surface area contributed by atoms with E-state index in [2.05, 4.69) is 10.6 Å². The lowest BCUT2D eigenvalue weighted by Crippen LogP contribution is -2.58. The van der Waals surface area contributed by atoms with Gasteiger partial charge in [-0.25, -0.2) is 4.79 Å². The van der Waals surface area contributed by atoms with Gasteiger partial charge in [-0.3, -0.25) is 0 Å². The fourth-order valence-electron chi connectivity index (χ4n) is 4.12. The van der Waals surface area contributed by atoms with Crippen LogP contribution in [0.15, 0.2) is 42.0 Å². The van der Waals surface area contributed by atoms with Gasteiger partial charge in [-0.1, -0.05) is 35.3 Å². The summed E-state index contributed by atoms with van der Waals surface area (Å²) < 4.78 is 11.4. The highest BCUT2D eigenvalue weighted by molar-refractivity contribution is 6.37. The number of hydrogen-bond donors (Lipinski definition) is 3. The zero-order chi connectivity index (χ0) is 22.0. The van der Waals surface area contributed by atoms with Crippen molar-refractivity contribution in [1.29, 1.82) is 0 Å². The number of aryl methyl sites for hydroxylation is 1. The molecule has 164 valence electrons. The molecule has 2 aliphatic heterocycles. The monoisotopic (exact) mass is 462 g/mol. The highest BCUT2D eigenvalue weighted by atomic mass is 35.5. The summed E-state index contributed by atoms with van der Waals surface area (Å²) in [6, 6.07) is 11.2. The molecule has 0 aromatic heterocycles. The number of piperazine rings is 1. The number of hydrogen-bond acceptors (Lipinski definition) is 5. The molecule has 0 amide bonds. The summed E-state index contributed by atoms with van der Waals surface area (Å²) in [6.07, 6.45) is 0.678. The van der Waals surface area contributed by atoms with Gasteiger partial charge in [0.2, 0.25) is 0 Å². The molecule has 1 saturated heterocycles. The van der Waals surface area contributed by atoms with Crippen LogP contribution in [0.25, 0.3) is 5.57 Å². The van der Waals surface area contributed by atoms with Crippen molar-refractivity contribution in [1.82, 2.24) is 10.6 Å².